The molecule has 0 unspecified atom stereocenters. The van der Waals surface area contributed by atoms with Crippen LogP contribution in [-0.2, 0) is 0 Å². The summed E-state index contributed by atoms with van der Waals surface area (Å²) in [5, 5.41) is 12.7. The van der Waals surface area contributed by atoms with Gasteiger partial charge in [-0.05, 0) is 31.6 Å². The van der Waals surface area contributed by atoms with Crippen molar-refractivity contribution < 1.29 is 5.11 Å². The van der Waals surface area contributed by atoms with Crippen LogP contribution in [-0.4, -0.2) is 17.9 Å². The van der Waals surface area contributed by atoms with Crippen LogP contribution < -0.4 is 5.32 Å². The van der Waals surface area contributed by atoms with Crippen LogP contribution in [0.4, 0.5) is 0 Å². The first kappa shape index (κ1) is 10.7. The molecular formula is C11H21NO. The normalized spacial score (nSPS) is 20.2. The van der Waals surface area contributed by atoms with Gasteiger partial charge in [0.2, 0.25) is 0 Å². The highest BCUT2D eigenvalue weighted by Gasteiger charge is 2.09. The van der Waals surface area contributed by atoms with Gasteiger partial charge < -0.3 is 5.11 Å². The van der Waals surface area contributed by atoms with Crippen molar-refractivity contribution in [1.82, 2.24) is 5.32 Å². The molecule has 76 valence electrons. The molecule has 0 amide bonds. The summed E-state index contributed by atoms with van der Waals surface area (Å²) in [6.07, 6.45) is 7.01. The molecule has 0 bridgehead atoms. The molecule has 0 saturated carbocycles. The summed E-state index contributed by atoms with van der Waals surface area (Å²) in [7, 11) is 0. The van der Waals surface area contributed by atoms with Crippen molar-refractivity contribution in [3.05, 3.63) is 11.6 Å². The Morgan fingerprint density at radius 1 is 1.46 bits per heavy atom. The fourth-order valence-electron chi connectivity index (χ4n) is 1.54. The number of aliphatic hydroxyl groups is 1. The summed E-state index contributed by atoms with van der Waals surface area (Å²) in [4.78, 5) is 0. The fraction of sp³-hybridized carbons (Fsp3) is 0.818. The zero-order valence-corrected chi connectivity index (χ0v) is 8.71. The summed E-state index contributed by atoms with van der Waals surface area (Å²) in [5.74, 6) is 0.296. The van der Waals surface area contributed by atoms with Gasteiger partial charge in [0.25, 0.3) is 0 Å². The molecule has 0 heterocycles. The number of rotatable bonds is 4. The van der Waals surface area contributed by atoms with Gasteiger partial charge in [0, 0.05) is 6.54 Å². The molecular weight excluding hydrogens is 162 g/mol. The van der Waals surface area contributed by atoms with Crippen LogP contribution in [0, 0.1) is 5.92 Å². The van der Waals surface area contributed by atoms with Gasteiger partial charge in [0.05, 0.1) is 0 Å². The molecule has 2 N–H and O–H groups in total. The van der Waals surface area contributed by atoms with Crippen molar-refractivity contribution in [2.45, 2.75) is 45.8 Å². The van der Waals surface area contributed by atoms with E-state index in [2.05, 4.69) is 11.4 Å². The number of hydrogen-bond donors (Lipinski definition) is 2. The van der Waals surface area contributed by atoms with Crippen molar-refractivity contribution in [1.29, 1.82) is 0 Å². The van der Waals surface area contributed by atoms with Crippen LogP contribution in [0.2, 0.25) is 0 Å². The fourth-order valence-corrected chi connectivity index (χ4v) is 1.54. The van der Waals surface area contributed by atoms with E-state index < -0.39 is 0 Å². The molecule has 0 aromatic heterocycles. The third-order valence-corrected chi connectivity index (χ3v) is 2.55. The summed E-state index contributed by atoms with van der Waals surface area (Å²) in [6, 6.07) is 0. The third-order valence-electron chi connectivity index (χ3n) is 2.55. The van der Waals surface area contributed by atoms with Crippen LogP contribution in [0.3, 0.4) is 0 Å². The van der Waals surface area contributed by atoms with E-state index >= 15 is 0 Å². The van der Waals surface area contributed by atoms with E-state index in [0.717, 1.165) is 6.54 Å². The molecule has 2 heteroatoms. The van der Waals surface area contributed by atoms with Crippen molar-refractivity contribution in [2.24, 2.45) is 5.92 Å². The Morgan fingerprint density at radius 2 is 2.23 bits per heavy atom. The third kappa shape index (κ3) is 3.92. The molecule has 2 nitrogen and oxygen atoms in total. The molecule has 0 aromatic rings. The second kappa shape index (κ2) is 5.40. The second-order valence-corrected chi connectivity index (χ2v) is 4.18. The van der Waals surface area contributed by atoms with Gasteiger partial charge in [0.1, 0.15) is 6.23 Å². The minimum absolute atomic E-state index is 0.296. The van der Waals surface area contributed by atoms with Crippen LogP contribution in [0.25, 0.3) is 0 Å². The van der Waals surface area contributed by atoms with E-state index in [4.69, 9.17) is 0 Å². The van der Waals surface area contributed by atoms with Gasteiger partial charge in [-0.1, -0.05) is 25.5 Å². The Balaban J connectivity index is 2.21. The standard InChI is InChI=1S/C11H21NO/c1-9(2)11(13)12-8-10-6-4-3-5-7-10/h6,9,11-13H,3-5,7-8H2,1-2H3/t11-/m0/s1. The number of nitrogens with one attached hydrogen (secondary N) is 1. The Labute approximate surface area is 81.0 Å². The van der Waals surface area contributed by atoms with Crippen molar-refractivity contribution in [3.8, 4) is 0 Å². The Bertz CT molecular complexity index is 175. The van der Waals surface area contributed by atoms with Crippen LogP contribution in [0.1, 0.15) is 39.5 Å². The van der Waals surface area contributed by atoms with Gasteiger partial charge in [-0.2, -0.15) is 0 Å². The van der Waals surface area contributed by atoms with E-state index in [-0.39, 0.29) is 6.23 Å². The average Bonchev–Trinajstić information content (AvgIpc) is 2.15. The van der Waals surface area contributed by atoms with Gasteiger partial charge in [-0.15, -0.1) is 0 Å². The number of aliphatic hydroxyl groups excluding tert-OH is 1. The number of hydrogen-bond acceptors (Lipinski definition) is 2. The molecule has 1 atom stereocenters. The van der Waals surface area contributed by atoms with E-state index in [1.165, 1.54) is 31.3 Å². The molecule has 1 aliphatic rings. The Kier molecular flexibility index (Phi) is 4.46. The van der Waals surface area contributed by atoms with Crippen LogP contribution in [0.5, 0.6) is 0 Å². The summed E-state index contributed by atoms with van der Waals surface area (Å²) < 4.78 is 0. The predicted molar refractivity (Wildman–Crippen MR) is 55.4 cm³/mol. The molecule has 0 fully saturated rings. The topological polar surface area (TPSA) is 32.3 Å². The zero-order valence-electron chi connectivity index (χ0n) is 8.71. The minimum atomic E-state index is -0.358. The molecule has 0 aromatic carbocycles. The average molecular weight is 183 g/mol. The van der Waals surface area contributed by atoms with E-state index in [1.807, 2.05) is 13.8 Å². The first-order chi connectivity index (χ1) is 6.20. The maximum absolute atomic E-state index is 9.52. The smallest absolute Gasteiger partial charge is 0.107 e. The number of allylic oxidation sites excluding steroid dienone is 1. The molecule has 0 spiro atoms. The quantitative estimate of drug-likeness (QED) is 0.516. The van der Waals surface area contributed by atoms with Crippen molar-refractivity contribution in [3.63, 3.8) is 0 Å². The summed E-state index contributed by atoms with van der Waals surface area (Å²) in [5.41, 5.74) is 1.46. The summed E-state index contributed by atoms with van der Waals surface area (Å²) in [6.45, 7) is 4.90. The van der Waals surface area contributed by atoms with Gasteiger partial charge in [0.15, 0.2) is 0 Å². The molecule has 1 aliphatic carbocycles. The molecule has 0 aliphatic heterocycles. The Morgan fingerprint density at radius 3 is 2.77 bits per heavy atom. The highest BCUT2D eigenvalue weighted by molar-refractivity contribution is 5.06. The SMILES string of the molecule is CC(C)[C@H](O)NCC1=CCCCC1. The largest absolute Gasteiger partial charge is 0.378 e. The molecule has 0 radical (unpaired) electrons. The van der Waals surface area contributed by atoms with Crippen molar-refractivity contribution >= 4 is 0 Å². The first-order valence-corrected chi connectivity index (χ1v) is 5.29. The highest BCUT2D eigenvalue weighted by atomic mass is 16.3. The maximum Gasteiger partial charge on any atom is 0.107 e. The maximum atomic E-state index is 9.52. The lowest BCUT2D eigenvalue weighted by Crippen LogP contribution is -2.34. The zero-order chi connectivity index (χ0) is 9.68. The first-order valence-electron chi connectivity index (χ1n) is 5.29. The lowest BCUT2D eigenvalue weighted by Gasteiger charge is -2.19. The van der Waals surface area contributed by atoms with Gasteiger partial charge in [-0.3, -0.25) is 5.32 Å². The lowest BCUT2D eigenvalue weighted by molar-refractivity contribution is 0.0935. The highest BCUT2D eigenvalue weighted by Crippen LogP contribution is 2.16. The van der Waals surface area contributed by atoms with E-state index in [9.17, 15) is 5.11 Å². The van der Waals surface area contributed by atoms with E-state index in [1.54, 1.807) is 0 Å². The van der Waals surface area contributed by atoms with Crippen LogP contribution >= 0.6 is 0 Å². The van der Waals surface area contributed by atoms with Gasteiger partial charge >= 0.3 is 0 Å². The molecule has 1 rings (SSSR count). The predicted octanol–water partition coefficient (Wildman–Crippen LogP) is 2.05. The molecule has 0 saturated heterocycles. The van der Waals surface area contributed by atoms with Gasteiger partial charge in [-0.25, -0.2) is 0 Å². The minimum Gasteiger partial charge on any atom is -0.378 e. The van der Waals surface area contributed by atoms with E-state index in [0.29, 0.717) is 5.92 Å². The second-order valence-electron chi connectivity index (χ2n) is 4.18. The Hall–Kier alpha value is -0.340. The summed E-state index contributed by atoms with van der Waals surface area (Å²) >= 11 is 0. The van der Waals surface area contributed by atoms with Crippen LogP contribution in [0.15, 0.2) is 11.6 Å². The lowest BCUT2D eigenvalue weighted by atomic mass is 9.99. The monoisotopic (exact) mass is 183 g/mol. The van der Waals surface area contributed by atoms with Crippen molar-refractivity contribution in [2.75, 3.05) is 6.54 Å². The molecule has 13 heavy (non-hydrogen) atoms.